The van der Waals surface area contributed by atoms with Gasteiger partial charge in [-0.25, -0.2) is 4.79 Å². The van der Waals surface area contributed by atoms with Crippen molar-refractivity contribution in [1.29, 1.82) is 0 Å². The van der Waals surface area contributed by atoms with Gasteiger partial charge in [-0.15, -0.1) is 0 Å². The first-order valence-electron chi connectivity index (χ1n) is 5.75. The lowest BCUT2D eigenvalue weighted by atomic mass is 10.1. The lowest BCUT2D eigenvalue weighted by molar-refractivity contribution is -0.130. The standard InChI is InChI=1S/C11H21N3O3/c1-8(7-15)13(4)5-6-14-9(16)11(2,3)12-10(14)17/h8,15H,5-7H2,1-4H3,(H,12,17). The minimum Gasteiger partial charge on any atom is -0.395 e. The first-order valence-corrected chi connectivity index (χ1v) is 5.75. The molecule has 0 aromatic heterocycles. The third kappa shape index (κ3) is 2.95. The Balaban J connectivity index is 2.53. The van der Waals surface area contributed by atoms with Gasteiger partial charge in [0.1, 0.15) is 5.54 Å². The third-order valence-electron chi connectivity index (χ3n) is 3.14. The number of rotatable bonds is 5. The van der Waals surface area contributed by atoms with Crippen molar-refractivity contribution in [1.82, 2.24) is 15.1 Å². The molecule has 1 aliphatic rings. The summed E-state index contributed by atoms with van der Waals surface area (Å²) in [5, 5.41) is 11.6. The van der Waals surface area contributed by atoms with Gasteiger partial charge in [-0.05, 0) is 27.8 Å². The molecule has 1 heterocycles. The molecule has 0 aliphatic carbocycles. The summed E-state index contributed by atoms with van der Waals surface area (Å²) < 4.78 is 0. The van der Waals surface area contributed by atoms with Gasteiger partial charge in [-0.3, -0.25) is 14.6 Å². The van der Waals surface area contributed by atoms with Crippen LogP contribution in [-0.2, 0) is 4.79 Å². The SMILES string of the molecule is CC(CO)N(C)CCN1C(=O)NC(C)(C)C1=O. The molecular formula is C11H21N3O3. The second-order valence-corrected chi connectivity index (χ2v) is 5.02. The molecule has 1 aliphatic heterocycles. The highest BCUT2D eigenvalue weighted by Gasteiger charge is 2.43. The molecule has 98 valence electrons. The molecule has 0 spiro atoms. The van der Waals surface area contributed by atoms with Crippen molar-refractivity contribution in [3.63, 3.8) is 0 Å². The van der Waals surface area contributed by atoms with Gasteiger partial charge >= 0.3 is 6.03 Å². The third-order valence-corrected chi connectivity index (χ3v) is 3.14. The maximum absolute atomic E-state index is 11.9. The van der Waals surface area contributed by atoms with Crippen LogP contribution in [0.5, 0.6) is 0 Å². The number of amides is 3. The van der Waals surface area contributed by atoms with E-state index in [9.17, 15) is 9.59 Å². The molecule has 0 radical (unpaired) electrons. The molecule has 6 heteroatoms. The monoisotopic (exact) mass is 243 g/mol. The Bertz CT molecular complexity index is 317. The Morgan fingerprint density at radius 3 is 2.47 bits per heavy atom. The van der Waals surface area contributed by atoms with Crippen molar-refractivity contribution in [3.05, 3.63) is 0 Å². The Kier molecular flexibility index (Phi) is 4.11. The maximum atomic E-state index is 11.9. The molecule has 2 N–H and O–H groups in total. The number of imide groups is 1. The Hall–Kier alpha value is -1.14. The van der Waals surface area contributed by atoms with Crippen molar-refractivity contribution in [3.8, 4) is 0 Å². The van der Waals surface area contributed by atoms with Crippen molar-refractivity contribution in [2.45, 2.75) is 32.4 Å². The Labute approximate surface area is 102 Å². The van der Waals surface area contributed by atoms with Crippen LogP contribution in [0.4, 0.5) is 4.79 Å². The number of urea groups is 1. The molecule has 1 rings (SSSR count). The summed E-state index contributed by atoms with van der Waals surface area (Å²) in [5.41, 5.74) is -0.807. The summed E-state index contributed by atoms with van der Waals surface area (Å²) in [6.45, 7) is 6.21. The number of nitrogens with zero attached hydrogens (tertiary/aromatic N) is 2. The molecule has 6 nitrogen and oxygen atoms in total. The number of hydrogen-bond acceptors (Lipinski definition) is 4. The van der Waals surface area contributed by atoms with Gasteiger partial charge in [-0.1, -0.05) is 0 Å². The van der Waals surface area contributed by atoms with Crippen LogP contribution in [0.25, 0.3) is 0 Å². The molecule has 0 aromatic rings. The highest BCUT2D eigenvalue weighted by molar-refractivity contribution is 6.06. The first kappa shape index (κ1) is 13.9. The number of carbonyl (C=O) groups is 2. The summed E-state index contributed by atoms with van der Waals surface area (Å²) in [5.74, 6) is -0.201. The number of hydrogen-bond donors (Lipinski definition) is 2. The summed E-state index contributed by atoms with van der Waals surface area (Å²) in [6.07, 6.45) is 0. The van der Waals surface area contributed by atoms with Gasteiger partial charge in [-0.2, -0.15) is 0 Å². The quantitative estimate of drug-likeness (QED) is 0.646. The van der Waals surface area contributed by atoms with E-state index in [0.717, 1.165) is 0 Å². The summed E-state index contributed by atoms with van der Waals surface area (Å²) in [4.78, 5) is 26.6. The van der Waals surface area contributed by atoms with Crippen molar-refractivity contribution >= 4 is 11.9 Å². The minimum atomic E-state index is -0.807. The predicted octanol–water partition coefficient (Wildman–Crippen LogP) is -0.371. The number of aliphatic hydroxyl groups is 1. The number of nitrogens with one attached hydrogen (secondary N) is 1. The normalized spacial score (nSPS) is 20.9. The van der Waals surface area contributed by atoms with Crippen molar-refractivity contribution in [2.75, 3.05) is 26.7 Å². The van der Waals surface area contributed by atoms with Crippen LogP contribution in [0.3, 0.4) is 0 Å². The Morgan fingerprint density at radius 1 is 1.47 bits per heavy atom. The van der Waals surface area contributed by atoms with Crippen molar-refractivity contribution in [2.24, 2.45) is 0 Å². The van der Waals surface area contributed by atoms with E-state index in [4.69, 9.17) is 5.11 Å². The smallest absolute Gasteiger partial charge is 0.325 e. The largest absolute Gasteiger partial charge is 0.395 e. The highest BCUT2D eigenvalue weighted by Crippen LogP contribution is 2.16. The van der Waals surface area contributed by atoms with Gasteiger partial charge < -0.3 is 10.4 Å². The van der Waals surface area contributed by atoms with E-state index in [1.165, 1.54) is 4.90 Å². The predicted molar refractivity (Wildman–Crippen MR) is 63.5 cm³/mol. The second kappa shape index (κ2) is 5.01. The average Bonchev–Trinajstić information content (AvgIpc) is 2.45. The topological polar surface area (TPSA) is 72.9 Å². The van der Waals surface area contributed by atoms with Crippen LogP contribution in [0.15, 0.2) is 0 Å². The van der Waals surface area contributed by atoms with Gasteiger partial charge in [0.25, 0.3) is 5.91 Å². The molecule has 1 fully saturated rings. The van der Waals surface area contributed by atoms with Gasteiger partial charge in [0.05, 0.1) is 6.61 Å². The molecule has 3 amide bonds. The molecule has 0 saturated carbocycles. The zero-order chi connectivity index (χ0) is 13.2. The van der Waals surface area contributed by atoms with E-state index in [1.54, 1.807) is 13.8 Å². The molecule has 0 bridgehead atoms. The molecular weight excluding hydrogens is 222 g/mol. The van der Waals surface area contributed by atoms with Crippen LogP contribution in [0.1, 0.15) is 20.8 Å². The van der Waals surface area contributed by atoms with E-state index in [0.29, 0.717) is 13.1 Å². The lowest BCUT2D eigenvalue weighted by Gasteiger charge is -2.24. The van der Waals surface area contributed by atoms with E-state index in [2.05, 4.69) is 5.32 Å². The molecule has 0 aromatic carbocycles. The second-order valence-electron chi connectivity index (χ2n) is 5.02. The average molecular weight is 243 g/mol. The lowest BCUT2D eigenvalue weighted by Crippen LogP contribution is -2.43. The van der Waals surface area contributed by atoms with E-state index in [1.807, 2.05) is 18.9 Å². The summed E-state index contributed by atoms with van der Waals surface area (Å²) in [6, 6.07) is -0.325. The van der Waals surface area contributed by atoms with Gasteiger partial charge in [0, 0.05) is 19.1 Å². The van der Waals surface area contributed by atoms with E-state index < -0.39 is 5.54 Å². The fourth-order valence-corrected chi connectivity index (χ4v) is 1.64. The maximum Gasteiger partial charge on any atom is 0.325 e. The van der Waals surface area contributed by atoms with Crippen LogP contribution >= 0.6 is 0 Å². The Morgan fingerprint density at radius 2 is 2.06 bits per heavy atom. The van der Waals surface area contributed by atoms with E-state index >= 15 is 0 Å². The summed E-state index contributed by atoms with van der Waals surface area (Å²) in [7, 11) is 1.85. The molecule has 1 unspecified atom stereocenters. The van der Waals surface area contributed by atoms with Gasteiger partial charge in [0.15, 0.2) is 0 Å². The summed E-state index contributed by atoms with van der Waals surface area (Å²) >= 11 is 0. The number of carbonyl (C=O) groups excluding carboxylic acids is 2. The van der Waals surface area contributed by atoms with Crippen LogP contribution in [0, 0.1) is 0 Å². The van der Waals surface area contributed by atoms with Crippen LogP contribution in [0.2, 0.25) is 0 Å². The fourth-order valence-electron chi connectivity index (χ4n) is 1.64. The molecule has 1 saturated heterocycles. The van der Waals surface area contributed by atoms with Gasteiger partial charge in [0.2, 0.25) is 0 Å². The van der Waals surface area contributed by atoms with E-state index in [-0.39, 0.29) is 24.6 Å². The first-order chi connectivity index (χ1) is 7.79. The van der Waals surface area contributed by atoms with Crippen LogP contribution in [-0.4, -0.2) is 65.2 Å². The zero-order valence-corrected chi connectivity index (χ0v) is 10.9. The van der Waals surface area contributed by atoms with Crippen LogP contribution < -0.4 is 5.32 Å². The number of likely N-dealkylation sites (N-methyl/N-ethyl adjacent to an activating group) is 1. The van der Waals surface area contributed by atoms with Crippen molar-refractivity contribution < 1.29 is 14.7 Å². The minimum absolute atomic E-state index is 0.0174. The molecule has 1 atom stereocenters. The number of aliphatic hydroxyl groups excluding tert-OH is 1. The highest BCUT2D eigenvalue weighted by atomic mass is 16.3. The zero-order valence-electron chi connectivity index (χ0n) is 10.9. The molecule has 17 heavy (non-hydrogen) atoms. The fraction of sp³-hybridized carbons (Fsp3) is 0.818.